The van der Waals surface area contributed by atoms with Crippen molar-refractivity contribution in [3.8, 4) is 0 Å². The van der Waals surface area contributed by atoms with Gasteiger partial charge in [0.2, 0.25) is 0 Å². The molecule has 2 nitrogen and oxygen atoms in total. The fourth-order valence-corrected chi connectivity index (χ4v) is 1.78. The summed E-state index contributed by atoms with van der Waals surface area (Å²) < 4.78 is 6.17. The number of carbonyl (C=O) groups excluding carboxylic acids is 1. The minimum Gasteiger partial charge on any atom is -0.461 e. The fraction of sp³-hybridized carbons (Fsp3) is 0.308. The van der Waals surface area contributed by atoms with Gasteiger partial charge in [0.15, 0.2) is 0 Å². The summed E-state index contributed by atoms with van der Waals surface area (Å²) in [7, 11) is 0. The van der Waals surface area contributed by atoms with Crippen LogP contribution >= 0.6 is 47.8 Å². The van der Waals surface area contributed by atoms with Crippen molar-refractivity contribution in [2.24, 2.45) is 0 Å². The molecule has 98 valence electrons. The molecule has 0 spiro atoms. The van der Waals surface area contributed by atoms with Crippen LogP contribution in [0.15, 0.2) is 34.3 Å². The number of esters is 1. The third-order valence-electron chi connectivity index (χ3n) is 2.14. The summed E-state index contributed by atoms with van der Waals surface area (Å²) in [6.45, 7) is 2.11. The molecule has 1 rings (SSSR count). The van der Waals surface area contributed by atoms with Crippen molar-refractivity contribution < 1.29 is 9.53 Å². The molecule has 0 aromatic heterocycles. The molecule has 0 N–H and O–H groups in total. The molecule has 0 bridgehead atoms. The van der Waals surface area contributed by atoms with Crippen molar-refractivity contribution >= 4 is 59.8 Å². The summed E-state index contributed by atoms with van der Waals surface area (Å²) in [5.74, 6) is -0.289. The maximum Gasteiger partial charge on any atom is 0.333 e. The number of alkyl halides is 2. The van der Waals surface area contributed by atoms with Gasteiger partial charge in [-0.25, -0.2) is 4.79 Å². The topological polar surface area (TPSA) is 26.3 Å². The number of benzene rings is 1. The lowest BCUT2D eigenvalue weighted by molar-refractivity contribution is -0.138. The van der Waals surface area contributed by atoms with E-state index in [-0.39, 0.29) is 10.8 Å². The second kappa shape index (κ2) is 8.12. The van der Waals surface area contributed by atoms with E-state index in [1.54, 1.807) is 6.92 Å². The van der Waals surface area contributed by atoms with E-state index in [1.165, 1.54) is 0 Å². The highest BCUT2D eigenvalue weighted by molar-refractivity contribution is 9.12. The van der Waals surface area contributed by atoms with Crippen LogP contribution in [0.4, 0.5) is 0 Å². The summed E-state index contributed by atoms with van der Waals surface area (Å²) in [6, 6.07) is 7.74. The maximum absolute atomic E-state index is 11.7. The Labute approximate surface area is 132 Å². The van der Waals surface area contributed by atoms with Crippen LogP contribution in [0.5, 0.6) is 0 Å². The Morgan fingerprint density at radius 1 is 1.39 bits per heavy atom. The number of hydrogen-bond acceptors (Lipinski definition) is 2. The smallest absolute Gasteiger partial charge is 0.333 e. The Morgan fingerprint density at radius 3 is 2.56 bits per heavy atom. The fourth-order valence-electron chi connectivity index (χ4n) is 1.19. The van der Waals surface area contributed by atoms with Gasteiger partial charge in [0.05, 0.1) is 4.83 Å². The highest BCUT2D eigenvalue weighted by Gasteiger charge is 2.09. The van der Waals surface area contributed by atoms with Gasteiger partial charge >= 0.3 is 5.97 Å². The quantitative estimate of drug-likeness (QED) is 0.381. The zero-order valence-corrected chi connectivity index (χ0v) is 14.6. The van der Waals surface area contributed by atoms with Gasteiger partial charge < -0.3 is 4.74 Å². The molecule has 0 heterocycles. The van der Waals surface area contributed by atoms with E-state index in [2.05, 4.69) is 47.8 Å². The Hall–Kier alpha value is -0.130. The van der Waals surface area contributed by atoms with E-state index in [9.17, 15) is 4.79 Å². The van der Waals surface area contributed by atoms with Crippen molar-refractivity contribution in [1.82, 2.24) is 0 Å². The van der Waals surface area contributed by atoms with Gasteiger partial charge in [-0.05, 0) is 30.7 Å². The molecule has 0 amide bonds. The van der Waals surface area contributed by atoms with Gasteiger partial charge in [-0.3, -0.25) is 0 Å². The molecule has 0 fully saturated rings. The number of halogens is 3. The van der Waals surface area contributed by atoms with Crippen LogP contribution in [-0.2, 0) is 9.53 Å². The van der Waals surface area contributed by atoms with E-state index in [1.807, 2.05) is 30.3 Å². The molecule has 1 atom stereocenters. The summed E-state index contributed by atoms with van der Waals surface area (Å²) >= 11 is 10.1. The Balaban J connectivity index is 2.60. The van der Waals surface area contributed by atoms with E-state index < -0.39 is 0 Å². The second-order valence-electron chi connectivity index (χ2n) is 3.73. The second-order valence-corrected chi connectivity index (χ2v) is 6.59. The zero-order valence-electron chi connectivity index (χ0n) is 9.83. The Morgan fingerprint density at radius 2 is 2.00 bits per heavy atom. The lowest BCUT2D eigenvalue weighted by Gasteiger charge is -2.08. The Kier molecular flexibility index (Phi) is 7.19. The highest BCUT2D eigenvalue weighted by atomic mass is 79.9. The first-order valence-electron chi connectivity index (χ1n) is 5.34. The molecule has 0 radical (unpaired) electrons. The van der Waals surface area contributed by atoms with Crippen molar-refractivity contribution in [3.05, 3.63) is 39.9 Å². The van der Waals surface area contributed by atoms with Gasteiger partial charge in [-0.2, -0.15) is 0 Å². The minimum absolute atomic E-state index is 0.141. The first kappa shape index (κ1) is 15.9. The number of ether oxygens (including phenoxy) is 1. The largest absolute Gasteiger partial charge is 0.461 e. The molecule has 0 aliphatic heterocycles. The molecule has 0 aliphatic rings. The van der Waals surface area contributed by atoms with E-state index >= 15 is 0 Å². The van der Waals surface area contributed by atoms with Gasteiger partial charge in [0, 0.05) is 15.4 Å². The van der Waals surface area contributed by atoms with Crippen molar-refractivity contribution in [2.75, 3.05) is 11.9 Å². The number of hydrogen-bond donors (Lipinski definition) is 0. The van der Waals surface area contributed by atoms with Crippen LogP contribution in [0.2, 0.25) is 0 Å². The minimum atomic E-state index is -0.289. The predicted octanol–water partition coefficient (Wildman–Crippen LogP) is 4.55. The average Bonchev–Trinajstić information content (AvgIpc) is 2.38. The number of carbonyl (C=O) groups is 1. The summed E-state index contributed by atoms with van der Waals surface area (Å²) in [5, 5.41) is 0.746. The normalized spacial score (nSPS) is 13.2. The highest BCUT2D eigenvalue weighted by Crippen LogP contribution is 2.14. The summed E-state index contributed by atoms with van der Waals surface area (Å²) in [6.07, 6.45) is 1.81. The Bertz CT molecular complexity index is 426. The number of rotatable bonds is 5. The first-order valence-corrected chi connectivity index (χ1v) is 8.17. The van der Waals surface area contributed by atoms with Crippen molar-refractivity contribution in [2.45, 2.75) is 11.8 Å². The van der Waals surface area contributed by atoms with Crippen LogP contribution in [0, 0.1) is 0 Å². The molecule has 0 saturated carbocycles. The third kappa shape index (κ3) is 5.67. The lowest BCUT2D eigenvalue weighted by atomic mass is 10.1. The average molecular weight is 441 g/mol. The molecule has 1 aromatic rings. The summed E-state index contributed by atoms with van der Waals surface area (Å²) in [4.78, 5) is 11.8. The SMILES string of the molecule is CC(=Cc1ccc(Br)cc1)C(=O)OCC(Br)CBr. The van der Waals surface area contributed by atoms with Crippen LogP contribution in [0.25, 0.3) is 6.08 Å². The van der Waals surface area contributed by atoms with Gasteiger partial charge in [0.1, 0.15) is 6.61 Å². The maximum atomic E-state index is 11.7. The van der Waals surface area contributed by atoms with Gasteiger partial charge in [-0.15, -0.1) is 0 Å². The van der Waals surface area contributed by atoms with E-state index in [0.29, 0.717) is 12.2 Å². The predicted molar refractivity (Wildman–Crippen MR) is 85.3 cm³/mol. The summed E-state index contributed by atoms with van der Waals surface area (Å²) in [5.41, 5.74) is 1.56. The molecule has 5 heteroatoms. The lowest BCUT2D eigenvalue weighted by Crippen LogP contribution is -2.15. The monoisotopic (exact) mass is 438 g/mol. The molecular weight excluding hydrogens is 428 g/mol. The van der Waals surface area contributed by atoms with E-state index in [4.69, 9.17) is 4.74 Å². The van der Waals surface area contributed by atoms with Crippen LogP contribution in [0.1, 0.15) is 12.5 Å². The molecule has 1 unspecified atom stereocenters. The van der Waals surface area contributed by atoms with Gasteiger partial charge in [0.25, 0.3) is 0 Å². The van der Waals surface area contributed by atoms with Crippen LogP contribution in [0.3, 0.4) is 0 Å². The zero-order chi connectivity index (χ0) is 13.5. The van der Waals surface area contributed by atoms with Crippen molar-refractivity contribution in [1.29, 1.82) is 0 Å². The molecule has 0 saturated heterocycles. The first-order chi connectivity index (χ1) is 8.52. The molecule has 18 heavy (non-hydrogen) atoms. The molecule has 1 aromatic carbocycles. The van der Waals surface area contributed by atoms with Crippen LogP contribution in [-0.4, -0.2) is 22.7 Å². The van der Waals surface area contributed by atoms with Gasteiger partial charge in [-0.1, -0.05) is 59.9 Å². The standard InChI is InChI=1S/C13H13Br3O2/c1-9(13(17)18-8-12(16)7-14)6-10-2-4-11(15)5-3-10/h2-6,12H,7-8H2,1H3. The third-order valence-corrected chi connectivity index (χ3v) is 4.91. The molecular formula is C13H13Br3O2. The molecule has 0 aliphatic carbocycles. The van der Waals surface area contributed by atoms with Crippen molar-refractivity contribution in [3.63, 3.8) is 0 Å². The van der Waals surface area contributed by atoms with Crippen LogP contribution < -0.4 is 0 Å². The van der Waals surface area contributed by atoms with E-state index in [0.717, 1.165) is 15.4 Å².